The van der Waals surface area contributed by atoms with Crippen LogP contribution in [0.1, 0.15) is 55.5 Å². The molecule has 65 heavy (non-hydrogen) atoms. The Morgan fingerprint density at radius 1 is 0.862 bits per heavy atom. The van der Waals surface area contributed by atoms with Crippen molar-refractivity contribution < 1.29 is 39.5 Å². The summed E-state index contributed by atoms with van der Waals surface area (Å²) in [6.07, 6.45) is 3.63. The van der Waals surface area contributed by atoms with Crippen LogP contribution in [0.2, 0.25) is 5.02 Å². The monoisotopic (exact) mass is 972 g/mol. The molecule has 2 fully saturated rings. The van der Waals surface area contributed by atoms with Crippen LogP contribution in [-0.4, -0.2) is 121 Å². The maximum atomic E-state index is 14.2. The topological polar surface area (TPSA) is 116 Å². The third-order valence-electron chi connectivity index (χ3n) is 12.4. The molecule has 17 heteroatoms. The molecule has 4 aromatic carbocycles. The Morgan fingerprint density at radius 2 is 1.54 bits per heavy atom. The standard InChI is InChI=1S/C48H56ClF3N4O6S3/c1-47(2)20-18-43(35-8-12-38(49)13-9-35)37(31-47)32-55-22-24-56(25-23-55)40-14-10-36(11-15-40)45(57)34-64(58,59)42-16-17-44(46(30-42)65(60,61)48(50,51)52)53-39(19-21-54-26-28-62-29-27-54)33-63-41-6-4-3-5-7-41/h3-17,30,39,53H,18-29,31-34H2,1-2H3/t39-/m1/s1. The molecule has 0 amide bonds. The molecule has 1 atom stereocenters. The summed E-state index contributed by atoms with van der Waals surface area (Å²) in [6.45, 7) is 11.7. The summed E-state index contributed by atoms with van der Waals surface area (Å²) in [4.78, 5) is 19.3. The minimum Gasteiger partial charge on any atom is -0.380 e. The van der Waals surface area contributed by atoms with Gasteiger partial charge in [0.25, 0.3) is 9.84 Å². The third-order valence-corrected chi connectivity index (χ3v) is 17.0. The average molecular weight is 974 g/mol. The van der Waals surface area contributed by atoms with Crippen molar-refractivity contribution >= 4 is 65.8 Å². The van der Waals surface area contributed by atoms with Crippen LogP contribution >= 0.6 is 23.4 Å². The van der Waals surface area contributed by atoms with Gasteiger partial charge in [-0.2, -0.15) is 13.2 Å². The Morgan fingerprint density at radius 3 is 2.20 bits per heavy atom. The lowest BCUT2D eigenvalue weighted by Gasteiger charge is -2.39. The highest BCUT2D eigenvalue weighted by Gasteiger charge is 2.48. The van der Waals surface area contributed by atoms with Crippen LogP contribution in [-0.2, 0) is 24.4 Å². The first-order chi connectivity index (χ1) is 30.9. The fraction of sp³-hybridized carbons (Fsp3) is 0.438. The number of rotatable bonds is 17. The molecule has 1 N–H and O–H groups in total. The number of ketones is 1. The van der Waals surface area contributed by atoms with Gasteiger partial charge >= 0.3 is 5.51 Å². The van der Waals surface area contributed by atoms with Crippen molar-refractivity contribution in [2.24, 2.45) is 5.41 Å². The van der Waals surface area contributed by atoms with Gasteiger partial charge in [0.2, 0.25) is 0 Å². The van der Waals surface area contributed by atoms with E-state index < -0.39 is 52.6 Å². The van der Waals surface area contributed by atoms with Gasteiger partial charge in [0.15, 0.2) is 15.6 Å². The maximum Gasteiger partial charge on any atom is 0.501 e. The summed E-state index contributed by atoms with van der Waals surface area (Å²) >= 11 is 7.65. The molecular weight excluding hydrogens is 917 g/mol. The van der Waals surface area contributed by atoms with Gasteiger partial charge in [-0.1, -0.05) is 61.4 Å². The predicted molar refractivity (Wildman–Crippen MR) is 254 cm³/mol. The highest BCUT2D eigenvalue weighted by atomic mass is 35.5. The average Bonchev–Trinajstić information content (AvgIpc) is 3.28. The Bertz CT molecular complexity index is 2530. The number of benzene rings is 4. The second-order valence-corrected chi connectivity index (χ2v) is 23.2. The van der Waals surface area contributed by atoms with Crippen LogP contribution in [0.15, 0.2) is 117 Å². The van der Waals surface area contributed by atoms with Gasteiger partial charge in [-0.25, -0.2) is 16.8 Å². The van der Waals surface area contributed by atoms with Crippen molar-refractivity contribution in [3.8, 4) is 0 Å². The Hall–Kier alpha value is -3.90. The fourth-order valence-electron chi connectivity index (χ4n) is 8.65. The zero-order chi connectivity index (χ0) is 46.4. The van der Waals surface area contributed by atoms with Crippen molar-refractivity contribution in [3.63, 3.8) is 0 Å². The van der Waals surface area contributed by atoms with Crippen molar-refractivity contribution in [1.29, 1.82) is 0 Å². The van der Waals surface area contributed by atoms with E-state index in [-0.39, 0.29) is 16.7 Å². The molecule has 2 saturated heterocycles. The zero-order valence-electron chi connectivity index (χ0n) is 36.7. The smallest absolute Gasteiger partial charge is 0.380 e. The highest BCUT2D eigenvalue weighted by Crippen LogP contribution is 2.43. The number of anilines is 2. The van der Waals surface area contributed by atoms with Gasteiger partial charge in [0.1, 0.15) is 10.6 Å². The van der Waals surface area contributed by atoms with Gasteiger partial charge < -0.3 is 15.0 Å². The van der Waals surface area contributed by atoms with E-state index in [2.05, 4.69) is 46.0 Å². The summed E-state index contributed by atoms with van der Waals surface area (Å²) in [5, 5.41) is 3.73. The van der Waals surface area contributed by atoms with E-state index in [0.717, 1.165) is 79.7 Å². The number of halogens is 4. The molecule has 0 aromatic heterocycles. The van der Waals surface area contributed by atoms with E-state index in [1.54, 1.807) is 24.3 Å². The molecule has 0 saturated carbocycles. The number of morpholine rings is 1. The Balaban J connectivity index is 1.02. The van der Waals surface area contributed by atoms with Crippen LogP contribution in [0, 0.1) is 5.41 Å². The molecule has 2 heterocycles. The van der Waals surface area contributed by atoms with E-state index in [1.807, 2.05) is 42.5 Å². The SMILES string of the molecule is CC1(C)CCC(c2ccc(Cl)cc2)=C(CN2CCN(c3ccc(C(=O)CS(=O)(=O)c4ccc(N[C@H](CCN5CCOCC5)CSc5ccccc5)c(S(=O)(=O)C(F)(F)F)c4)cc3)CC2)C1. The first-order valence-electron chi connectivity index (χ1n) is 21.9. The lowest BCUT2D eigenvalue weighted by atomic mass is 9.73. The molecular formula is C48H56ClF3N4O6S3. The number of alkyl halides is 3. The molecule has 350 valence electrons. The van der Waals surface area contributed by atoms with E-state index in [0.29, 0.717) is 51.1 Å². The lowest BCUT2D eigenvalue weighted by Crippen LogP contribution is -2.47. The van der Waals surface area contributed by atoms with Crippen LogP contribution in [0.25, 0.3) is 5.57 Å². The van der Waals surface area contributed by atoms with Crippen LogP contribution in [0.3, 0.4) is 0 Å². The van der Waals surface area contributed by atoms with E-state index in [4.69, 9.17) is 16.3 Å². The molecule has 0 radical (unpaired) electrons. The number of thioether (sulfide) groups is 1. The number of hydrogen-bond acceptors (Lipinski definition) is 11. The van der Waals surface area contributed by atoms with Gasteiger partial charge in [-0.15, -0.1) is 11.8 Å². The van der Waals surface area contributed by atoms with Crippen LogP contribution < -0.4 is 10.2 Å². The number of nitrogens with one attached hydrogen (secondary N) is 1. The largest absolute Gasteiger partial charge is 0.501 e. The molecule has 3 aliphatic rings. The maximum absolute atomic E-state index is 14.2. The normalized spacial score (nSPS) is 18.4. The molecule has 4 aromatic rings. The fourth-order valence-corrected chi connectivity index (χ4v) is 12.0. The summed E-state index contributed by atoms with van der Waals surface area (Å²) in [5.74, 6) is -1.46. The summed E-state index contributed by atoms with van der Waals surface area (Å²) in [6, 6.07) is 26.2. The van der Waals surface area contributed by atoms with E-state index in [9.17, 15) is 34.8 Å². The van der Waals surface area contributed by atoms with Crippen molar-refractivity contribution in [2.75, 3.05) is 87.3 Å². The van der Waals surface area contributed by atoms with Crippen molar-refractivity contribution in [1.82, 2.24) is 9.80 Å². The molecule has 2 aliphatic heterocycles. The zero-order valence-corrected chi connectivity index (χ0v) is 39.9. The number of carbonyl (C=O) groups is 1. The molecule has 1 aliphatic carbocycles. The Labute approximate surface area is 390 Å². The van der Waals surface area contributed by atoms with E-state index in [1.165, 1.54) is 28.5 Å². The number of piperazine rings is 1. The summed E-state index contributed by atoms with van der Waals surface area (Å²) < 4.78 is 102. The number of ether oxygens (including phenoxy) is 1. The highest BCUT2D eigenvalue weighted by molar-refractivity contribution is 7.99. The molecule has 0 unspecified atom stereocenters. The van der Waals surface area contributed by atoms with E-state index >= 15 is 0 Å². The molecule has 0 bridgehead atoms. The number of nitrogens with zero attached hydrogens (tertiary/aromatic N) is 3. The first-order valence-corrected chi connectivity index (χ1v) is 26.4. The van der Waals surface area contributed by atoms with Gasteiger partial charge in [0.05, 0.1) is 23.8 Å². The van der Waals surface area contributed by atoms with Crippen LogP contribution in [0.4, 0.5) is 24.5 Å². The number of sulfone groups is 2. The second kappa shape index (κ2) is 20.9. The number of allylic oxidation sites excluding steroid dienone is 1. The van der Waals surface area contributed by atoms with Crippen LogP contribution in [0.5, 0.6) is 0 Å². The number of carbonyl (C=O) groups excluding carboxylic acids is 1. The number of Topliss-reactive ketones (excluding diaryl/α,β-unsaturated/α-hetero) is 1. The molecule has 10 nitrogen and oxygen atoms in total. The lowest BCUT2D eigenvalue weighted by molar-refractivity contribution is -0.0435. The minimum absolute atomic E-state index is 0.109. The summed E-state index contributed by atoms with van der Waals surface area (Å²) in [7, 11) is -10.6. The molecule has 0 spiro atoms. The summed E-state index contributed by atoms with van der Waals surface area (Å²) in [5.41, 5.74) is -0.805. The van der Waals surface area contributed by atoms with Crippen molar-refractivity contribution in [2.45, 2.75) is 65.8 Å². The van der Waals surface area contributed by atoms with Gasteiger partial charge in [-0.05, 0) is 109 Å². The minimum atomic E-state index is -6.03. The second-order valence-electron chi connectivity index (χ2n) is 17.7. The first kappa shape index (κ1) is 49.0. The Kier molecular flexibility index (Phi) is 15.8. The quantitative estimate of drug-likeness (QED) is 0.0807. The van der Waals surface area contributed by atoms with Crippen molar-refractivity contribution in [3.05, 3.63) is 119 Å². The molecule has 7 rings (SSSR count). The van der Waals surface area contributed by atoms with Gasteiger partial charge in [-0.3, -0.25) is 14.6 Å². The number of hydrogen-bond donors (Lipinski definition) is 1. The third kappa shape index (κ3) is 12.8. The predicted octanol–water partition coefficient (Wildman–Crippen LogP) is 9.37. The van der Waals surface area contributed by atoms with Gasteiger partial charge in [0, 0.05) is 85.3 Å².